The van der Waals surface area contributed by atoms with Crippen LogP contribution in [0.4, 0.5) is 0 Å². The molecular weight excluding hydrogens is 290 g/mol. The third-order valence-electron chi connectivity index (χ3n) is 2.13. The van der Waals surface area contributed by atoms with Crippen molar-refractivity contribution in [3.8, 4) is 10.6 Å². The number of benzene rings is 1. The van der Waals surface area contributed by atoms with Gasteiger partial charge in [-0.15, -0.1) is 11.3 Å². The molecule has 0 aliphatic rings. The molecule has 0 fully saturated rings. The third-order valence-corrected chi connectivity index (χ3v) is 3.91. The lowest BCUT2D eigenvalue weighted by Gasteiger charge is -2.00. The van der Waals surface area contributed by atoms with Gasteiger partial charge in [0.2, 0.25) is 0 Å². The highest BCUT2D eigenvalue weighted by atomic mass is 79.9. The van der Waals surface area contributed by atoms with Gasteiger partial charge in [0.15, 0.2) is 5.69 Å². The Labute approximate surface area is 105 Å². The second-order valence-corrected chi connectivity index (χ2v) is 5.02. The highest BCUT2D eigenvalue weighted by molar-refractivity contribution is 9.10. The molecule has 16 heavy (non-hydrogen) atoms. The second-order valence-electron chi connectivity index (χ2n) is 3.31. The molecule has 0 amide bonds. The number of thiazole rings is 1. The van der Waals surface area contributed by atoms with Gasteiger partial charge in [-0.3, -0.25) is 0 Å². The first-order valence-electron chi connectivity index (χ1n) is 4.53. The third kappa shape index (κ3) is 2.15. The van der Waals surface area contributed by atoms with Crippen molar-refractivity contribution in [1.29, 1.82) is 0 Å². The summed E-state index contributed by atoms with van der Waals surface area (Å²) in [5, 5.41) is 11.1. The number of aromatic nitrogens is 1. The van der Waals surface area contributed by atoms with Crippen molar-refractivity contribution in [2.75, 3.05) is 0 Å². The van der Waals surface area contributed by atoms with Crippen molar-refractivity contribution >= 4 is 33.2 Å². The monoisotopic (exact) mass is 297 g/mol. The normalized spacial score (nSPS) is 10.4. The summed E-state index contributed by atoms with van der Waals surface area (Å²) in [7, 11) is 0. The van der Waals surface area contributed by atoms with Crippen molar-refractivity contribution in [1.82, 2.24) is 4.98 Å². The Morgan fingerprint density at radius 3 is 2.81 bits per heavy atom. The van der Waals surface area contributed by atoms with E-state index >= 15 is 0 Å². The standard InChI is InChI=1S/C11H8BrNO2S/c1-6-4-7(2-3-8(6)12)10-13-9(5-16-10)11(14)15/h2-5H,1H3,(H,14,15). The molecule has 0 aliphatic carbocycles. The van der Waals surface area contributed by atoms with Gasteiger partial charge in [-0.1, -0.05) is 22.0 Å². The van der Waals surface area contributed by atoms with Gasteiger partial charge in [0.05, 0.1) is 0 Å². The number of hydrogen-bond acceptors (Lipinski definition) is 3. The molecule has 1 heterocycles. The van der Waals surface area contributed by atoms with E-state index in [9.17, 15) is 4.79 Å². The van der Waals surface area contributed by atoms with Crippen LogP contribution >= 0.6 is 27.3 Å². The average Bonchev–Trinajstić information content (AvgIpc) is 2.71. The lowest BCUT2D eigenvalue weighted by atomic mass is 10.1. The van der Waals surface area contributed by atoms with E-state index in [0.29, 0.717) is 0 Å². The summed E-state index contributed by atoms with van der Waals surface area (Å²) in [5.74, 6) is -0.990. The molecule has 0 saturated heterocycles. The number of hydrogen-bond donors (Lipinski definition) is 1. The van der Waals surface area contributed by atoms with Crippen LogP contribution < -0.4 is 0 Å². The van der Waals surface area contributed by atoms with Gasteiger partial charge in [0.25, 0.3) is 0 Å². The zero-order valence-corrected chi connectivity index (χ0v) is 10.8. The second kappa shape index (κ2) is 4.35. The highest BCUT2D eigenvalue weighted by Gasteiger charge is 2.10. The Kier molecular flexibility index (Phi) is 3.07. The lowest BCUT2D eigenvalue weighted by Crippen LogP contribution is -1.95. The Balaban J connectivity index is 2.42. The van der Waals surface area contributed by atoms with Gasteiger partial charge >= 0.3 is 5.97 Å². The predicted molar refractivity (Wildman–Crippen MR) is 66.9 cm³/mol. The van der Waals surface area contributed by atoms with E-state index in [0.717, 1.165) is 20.6 Å². The van der Waals surface area contributed by atoms with Gasteiger partial charge in [0.1, 0.15) is 5.01 Å². The van der Waals surface area contributed by atoms with Crippen LogP contribution in [0.25, 0.3) is 10.6 Å². The van der Waals surface area contributed by atoms with Gasteiger partial charge in [-0.05, 0) is 24.6 Å². The molecule has 0 unspecified atom stereocenters. The first kappa shape index (κ1) is 11.3. The molecule has 0 aliphatic heterocycles. The van der Waals surface area contributed by atoms with E-state index in [1.807, 2.05) is 25.1 Å². The summed E-state index contributed by atoms with van der Waals surface area (Å²) in [6, 6.07) is 5.84. The van der Waals surface area contributed by atoms with E-state index in [2.05, 4.69) is 20.9 Å². The van der Waals surface area contributed by atoms with Crippen molar-refractivity contribution < 1.29 is 9.90 Å². The maximum Gasteiger partial charge on any atom is 0.355 e. The van der Waals surface area contributed by atoms with Crippen LogP contribution in [-0.4, -0.2) is 16.1 Å². The molecule has 0 atom stereocenters. The largest absolute Gasteiger partial charge is 0.476 e. The van der Waals surface area contributed by atoms with E-state index in [1.54, 1.807) is 5.38 Å². The Morgan fingerprint density at radius 2 is 2.25 bits per heavy atom. The number of nitrogens with zero attached hydrogens (tertiary/aromatic N) is 1. The summed E-state index contributed by atoms with van der Waals surface area (Å²) >= 11 is 4.76. The molecule has 1 aromatic carbocycles. The van der Waals surface area contributed by atoms with Crippen LogP contribution in [0.2, 0.25) is 0 Å². The molecule has 2 rings (SSSR count). The number of carboxylic acids is 1. The van der Waals surface area contributed by atoms with Crippen LogP contribution in [0.3, 0.4) is 0 Å². The van der Waals surface area contributed by atoms with E-state index in [-0.39, 0.29) is 5.69 Å². The van der Waals surface area contributed by atoms with Crippen molar-refractivity contribution in [3.05, 3.63) is 39.3 Å². The van der Waals surface area contributed by atoms with E-state index in [4.69, 9.17) is 5.11 Å². The van der Waals surface area contributed by atoms with Crippen LogP contribution in [0.5, 0.6) is 0 Å². The van der Waals surface area contributed by atoms with Crippen LogP contribution in [0.15, 0.2) is 28.1 Å². The minimum atomic E-state index is -0.990. The molecule has 3 nitrogen and oxygen atoms in total. The average molecular weight is 298 g/mol. The number of carbonyl (C=O) groups is 1. The summed E-state index contributed by atoms with van der Waals surface area (Å²) in [4.78, 5) is 14.8. The number of halogens is 1. The van der Waals surface area contributed by atoms with Crippen molar-refractivity contribution in [2.45, 2.75) is 6.92 Å². The van der Waals surface area contributed by atoms with Crippen LogP contribution in [0.1, 0.15) is 16.1 Å². The SMILES string of the molecule is Cc1cc(-c2nc(C(=O)O)cs2)ccc1Br. The smallest absolute Gasteiger partial charge is 0.355 e. The fourth-order valence-corrected chi connectivity index (χ4v) is 2.32. The zero-order chi connectivity index (χ0) is 11.7. The van der Waals surface area contributed by atoms with Crippen molar-refractivity contribution in [3.63, 3.8) is 0 Å². The predicted octanol–water partition coefficient (Wildman–Crippen LogP) is 3.58. The minimum Gasteiger partial charge on any atom is -0.476 e. The first-order chi connectivity index (χ1) is 7.58. The Morgan fingerprint density at radius 1 is 1.50 bits per heavy atom. The maximum atomic E-state index is 10.7. The molecule has 1 N–H and O–H groups in total. The molecule has 0 radical (unpaired) electrons. The molecule has 5 heteroatoms. The summed E-state index contributed by atoms with van der Waals surface area (Å²) in [6.07, 6.45) is 0. The Hall–Kier alpha value is -1.20. The fraction of sp³-hybridized carbons (Fsp3) is 0.0909. The molecule has 0 bridgehead atoms. The fourth-order valence-electron chi connectivity index (χ4n) is 1.28. The molecule has 2 aromatic rings. The van der Waals surface area contributed by atoms with E-state index in [1.165, 1.54) is 11.3 Å². The van der Waals surface area contributed by atoms with Crippen molar-refractivity contribution in [2.24, 2.45) is 0 Å². The molecule has 1 aromatic heterocycles. The van der Waals surface area contributed by atoms with Gasteiger partial charge in [-0.25, -0.2) is 9.78 Å². The summed E-state index contributed by atoms with van der Waals surface area (Å²) < 4.78 is 1.03. The quantitative estimate of drug-likeness (QED) is 0.922. The number of carboxylic acid groups (broad SMARTS) is 1. The number of aromatic carboxylic acids is 1. The topological polar surface area (TPSA) is 50.2 Å². The minimum absolute atomic E-state index is 0.0978. The zero-order valence-electron chi connectivity index (χ0n) is 8.40. The maximum absolute atomic E-state index is 10.7. The van der Waals surface area contributed by atoms with Gasteiger partial charge < -0.3 is 5.11 Å². The number of rotatable bonds is 2. The van der Waals surface area contributed by atoms with Gasteiger partial charge in [-0.2, -0.15) is 0 Å². The van der Waals surface area contributed by atoms with Gasteiger partial charge in [0, 0.05) is 15.4 Å². The molecule has 82 valence electrons. The highest BCUT2D eigenvalue weighted by Crippen LogP contribution is 2.27. The number of aryl methyl sites for hydroxylation is 1. The summed E-state index contributed by atoms with van der Waals surface area (Å²) in [6.45, 7) is 1.99. The molecule has 0 spiro atoms. The van der Waals surface area contributed by atoms with Crippen LogP contribution in [0, 0.1) is 6.92 Å². The summed E-state index contributed by atoms with van der Waals surface area (Å²) in [5.41, 5.74) is 2.14. The molecule has 0 saturated carbocycles. The molecular formula is C11H8BrNO2S. The van der Waals surface area contributed by atoms with Crippen LogP contribution in [-0.2, 0) is 0 Å². The first-order valence-corrected chi connectivity index (χ1v) is 6.20. The lowest BCUT2D eigenvalue weighted by molar-refractivity contribution is 0.0691. The Bertz CT molecular complexity index is 551. The van der Waals surface area contributed by atoms with E-state index < -0.39 is 5.97 Å².